The lowest BCUT2D eigenvalue weighted by Crippen LogP contribution is -2.12. The van der Waals surface area contributed by atoms with E-state index in [4.69, 9.17) is 27.9 Å². The van der Waals surface area contributed by atoms with Crippen LogP contribution in [0.15, 0.2) is 60.8 Å². The molecule has 132 valence electrons. The number of pyridine rings is 1. The Morgan fingerprint density at radius 1 is 1.04 bits per heavy atom. The Bertz CT molecular complexity index is 930. The van der Waals surface area contributed by atoms with Gasteiger partial charge in [0.25, 0.3) is 5.91 Å². The summed E-state index contributed by atoms with van der Waals surface area (Å²) in [7, 11) is 1.56. The number of methoxy groups -OCH3 is 1. The summed E-state index contributed by atoms with van der Waals surface area (Å²) < 4.78 is 5.13. The molecule has 26 heavy (non-hydrogen) atoms. The van der Waals surface area contributed by atoms with E-state index in [1.165, 1.54) is 0 Å². The van der Waals surface area contributed by atoms with Gasteiger partial charge in [0.15, 0.2) is 0 Å². The minimum atomic E-state index is -0.275. The lowest BCUT2D eigenvalue weighted by Gasteiger charge is -2.10. The Morgan fingerprint density at radius 3 is 2.50 bits per heavy atom. The number of benzene rings is 2. The molecule has 1 heterocycles. The van der Waals surface area contributed by atoms with Crippen LogP contribution in [0.5, 0.6) is 5.75 Å². The van der Waals surface area contributed by atoms with Gasteiger partial charge in [-0.05, 0) is 48.5 Å². The van der Waals surface area contributed by atoms with Crippen molar-refractivity contribution < 1.29 is 9.53 Å². The maximum absolute atomic E-state index is 12.2. The third kappa shape index (κ3) is 4.45. The number of nitrogens with one attached hydrogen (secondary N) is 2. The third-order valence-electron chi connectivity index (χ3n) is 3.53. The average Bonchev–Trinajstić information content (AvgIpc) is 2.63. The third-order valence-corrected chi connectivity index (χ3v) is 4.06. The topological polar surface area (TPSA) is 63.2 Å². The number of nitrogens with zero attached hydrogens (tertiary/aromatic N) is 1. The maximum Gasteiger partial charge on any atom is 0.256 e. The molecular formula is C19H15Cl2N3O2. The van der Waals surface area contributed by atoms with Gasteiger partial charge in [-0.2, -0.15) is 0 Å². The van der Waals surface area contributed by atoms with Crippen molar-refractivity contribution in [2.75, 3.05) is 17.7 Å². The predicted molar refractivity (Wildman–Crippen MR) is 105 cm³/mol. The number of carbonyl (C=O) groups excluding carboxylic acids is 1. The first-order valence-electron chi connectivity index (χ1n) is 7.69. The molecular weight excluding hydrogens is 373 g/mol. The van der Waals surface area contributed by atoms with E-state index in [0.717, 1.165) is 11.4 Å². The maximum atomic E-state index is 12.2. The molecule has 2 aromatic carbocycles. The van der Waals surface area contributed by atoms with E-state index in [0.29, 0.717) is 27.2 Å². The Hall–Kier alpha value is -2.76. The summed E-state index contributed by atoms with van der Waals surface area (Å²) in [6.07, 6.45) is 1.62. The van der Waals surface area contributed by atoms with Crippen molar-refractivity contribution in [3.05, 3.63) is 76.4 Å². The molecule has 5 nitrogen and oxygen atoms in total. The van der Waals surface area contributed by atoms with Crippen molar-refractivity contribution in [3.63, 3.8) is 0 Å². The molecule has 3 rings (SSSR count). The summed E-state index contributed by atoms with van der Waals surface area (Å²) in [5.74, 6) is 0.769. The Morgan fingerprint density at radius 2 is 1.85 bits per heavy atom. The molecule has 0 atom stereocenters. The molecule has 0 saturated carbocycles. The highest BCUT2D eigenvalue weighted by atomic mass is 35.5. The zero-order chi connectivity index (χ0) is 18.5. The largest absolute Gasteiger partial charge is 0.495 e. The number of carbonyl (C=O) groups is 1. The van der Waals surface area contributed by atoms with Gasteiger partial charge in [-0.25, -0.2) is 4.98 Å². The summed E-state index contributed by atoms with van der Waals surface area (Å²) in [5, 5.41) is 6.92. The predicted octanol–water partition coefficient (Wildman–Crippen LogP) is 5.39. The fourth-order valence-electron chi connectivity index (χ4n) is 2.27. The average molecular weight is 388 g/mol. The van der Waals surface area contributed by atoms with Crippen LogP contribution in [0.1, 0.15) is 10.4 Å². The summed E-state index contributed by atoms with van der Waals surface area (Å²) in [4.78, 5) is 16.4. The van der Waals surface area contributed by atoms with Crippen LogP contribution in [-0.4, -0.2) is 18.0 Å². The Kier molecular flexibility index (Phi) is 5.61. The van der Waals surface area contributed by atoms with E-state index in [-0.39, 0.29) is 5.91 Å². The van der Waals surface area contributed by atoms with Crippen LogP contribution in [0.25, 0.3) is 0 Å². The van der Waals surface area contributed by atoms with Gasteiger partial charge in [-0.1, -0.05) is 29.3 Å². The molecule has 0 bridgehead atoms. The molecule has 1 amide bonds. The highest BCUT2D eigenvalue weighted by molar-refractivity contribution is 6.32. The molecule has 0 radical (unpaired) electrons. The number of anilines is 3. The van der Waals surface area contributed by atoms with Crippen LogP contribution < -0.4 is 15.4 Å². The van der Waals surface area contributed by atoms with Gasteiger partial charge >= 0.3 is 0 Å². The van der Waals surface area contributed by atoms with Crippen molar-refractivity contribution >= 4 is 46.3 Å². The van der Waals surface area contributed by atoms with E-state index in [9.17, 15) is 4.79 Å². The molecule has 0 saturated heterocycles. The van der Waals surface area contributed by atoms with Crippen molar-refractivity contribution in [2.45, 2.75) is 0 Å². The highest BCUT2D eigenvalue weighted by Gasteiger charge is 2.07. The second kappa shape index (κ2) is 8.08. The Balaban J connectivity index is 1.66. The van der Waals surface area contributed by atoms with Crippen molar-refractivity contribution in [2.24, 2.45) is 0 Å². The minimum Gasteiger partial charge on any atom is -0.495 e. The first-order chi connectivity index (χ1) is 12.5. The molecule has 0 aliphatic rings. The van der Waals surface area contributed by atoms with Crippen LogP contribution in [0, 0.1) is 0 Å². The number of hydrogen-bond acceptors (Lipinski definition) is 4. The van der Waals surface area contributed by atoms with Gasteiger partial charge in [0, 0.05) is 16.3 Å². The zero-order valence-corrected chi connectivity index (χ0v) is 15.3. The van der Waals surface area contributed by atoms with E-state index in [1.807, 2.05) is 6.07 Å². The monoisotopic (exact) mass is 387 g/mol. The summed E-state index contributed by atoms with van der Waals surface area (Å²) >= 11 is 12.0. The van der Waals surface area contributed by atoms with Crippen molar-refractivity contribution in [1.82, 2.24) is 4.98 Å². The smallest absolute Gasteiger partial charge is 0.256 e. The molecule has 0 spiro atoms. The van der Waals surface area contributed by atoms with Crippen LogP contribution in [0.4, 0.5) is 17.2 Å². The van der Waals surface area contributed by atoms with E-state index in [2.05, 4.69) is 15.6 Å². The SMILES string of the molecule is COc1ccc(Nc2ccc(NC(=O)c3cccc(Cl)c3)nc2)cc1Cl. The van der Waals surface area contributed by atoms with E-state index >= 15 is 0 Å². The normalized spacial score (nSPS) is 10.3. The Labute approximate surface area is 160 Å². The summed E-state index contributed by atoms with van der Waals surface area (Å²) in [5.41, 5.74) is 2.02. The number of ether oxygens (including phenoxy) is 1. The first-order valence-corrected chi connectivity index (χ1v) is 8.44. The highest BCUT2D eigenvalue weighted by Crippen LogP contribution is 2.28. The second-order valence-corrected chi connectivity index (χ2v) is 6.21. The molecule has 7 heteroatoms. The summed E-state index contributed by atoms with van der Waals surface area (Å²) in [6.45, 7) is 0. The quantitative estimate of drug-likeness (QED) is 0.615. The van der Waals surface area contributed by atoms with Gasteiger partial charge in [-0.15, -0.1) is 0 Å². The van der Waals surface area contributed by atoms with Crippen LogP contribution >= 0.6 is 23.2 Å². The van der Waals surface area contributed by atoms with Gasteiger partial charge in [-0.3, -0.25) is 4.79 Å². The number of hydrogen-bond donors (Lipinski definition) is 2. The van der Waals surface area contributed by atoms with Gasteiger partial charge in [0.1, 0.15) is 11.6 Å². The van der Waals surface area contributed by atoms with Crippen molar-refractivity contribution in [1.29, 1.82) is 0 Å². The van der Waals surface area contributed by atoms with Crippen LogP contribution in [0.2, 0.25) is 10.0 Å². The zero-order valence-electron chi connectivity index (χ0n) is 13.8. The lowest BCUT2D eigenvalue weighted by atomic mass is 10.2. The fraction of sp³-hybridized carbons (Fsp3) is 0.0526. The number of rotatable bonds is 5. The molecule has 3 aromatic rings. The van der Waals surface area contributed by atoms with Crippen molar-refractivity contribution in [3.8, 4) is 5.75 Å². The molecule has 1 aromatic heterocycles. The number of aromatic nitrogens is 1. The first kappa shape index (κ1) is 18.0. The molecule has 0 unspecified atom stereocenters. The molecule has 0 aliphatic heterocycles. The molecule has 0 aliphatic carbocycles. The van der Waals surface area contributed by atoms with Gasteiger partial charge in [0.05, 0.1) is 24.0 Å². The summed E-state index contributed by atoms with van der Waals surface area (Å²) in [6, 6.07) is 15.6. The van der Waals surface area contributed by atoms with Gasteiger partial charge in [0.2, 0.25) is 0 Å². The van der Waals surface area contributed by atoms with Crippen LogP contribution in [-0.2, 0) is 0 Å². The van der Waals surface area contributed by atoms with E-state index in [1.54, 1.807) is 61.8 Å². The second-order valence-electron chi connectivity index (χ2n) is 5.37. The number of halogens is 2. The fourth-order valence-corrected chi connectivity index (χ4v) is 2.72. The molecule has 0 fully saturated rings. The van der Waals surface area contributed by atoms with E-state index < -0.39 is 0 Å². The minimum absolute atomic E-state index is 0.275. The standard InChI is InChI=1S/C19H15Cl2N3O2/c1-26-17-7-5-14(10-16(17)21)23-15-6-8-18(22-11-15)24-19(25)12-3-2-4-13(20)9-12/h2-11,23H,1H3,(H,22,24,25). The number of amides is 1. The van der Waals surface area contributed by atoms with Gasteiger partial charge < -0.3 is 15.4 Å². The molecule has 2 N–H and O–H groups in total. The van der Waals surface area contributed by atoms with Crippen LogP contribution in [0.3, 0.4) is 0 Å². The lowest BCUT2D eigenvalue weighted by molar-refractivity contribution is 0.102.